The number of halogens is 1. The van der Waals surface area contributed by atoms with Crippen molar-refractivity contribution in [3.63, 3.8) is 0 Å². The second-order valence-electron chi connectivity index (χ2n) is 6.43. The molecular weight excluding hydrogens is 316 g/mol. The smallest absolute Gasteiger partial charge is 0.138 e. The van der Waals surface area contributed by atoms with Crippen LogP contribution in [0, 0.1) is 0 Å². The van der Waals surface area contributed by atoms with E-state index in [0.717, 1.165) is 18.8 Å². The summed E-state index contributed by atoms with van der Waals surface area (Å²) >= 11 is 8.04. The molecule has 0 saturated carbocycles. The van der Waals surface area contributed by atoms with Gasteiger partial charge in [0.2, 0.25) is 0 Å². The first-order valence-electron chi connectivity index (χ1n) is 7.78. The van der Waals surface area contributed by atoms with E-state index < -0.39 is 0 Å². The van der Waals surface area contributed by atoms with E-state index >= 15 is 0 Å². The van der Waals surface area contributed by atoms with Crippen molar-refractivity contribution in [2.24, 2.45) is 0 Å². The molecule has 0 amide bonds. The number of fused-ring (bicyclic) bond motifs is 1. The molecular formula is C17H29ClN2OS. The molecule has 0 unspecified atom stereocenters. The van der Waals surface area contributed by atoms with E-state index in [0.29, 0.717) is 5.02 Å². The Kier molecular flexibility index (Phi) is 7.36. The second kappa shape index (κ2) is 8.32. The molecule has 0 atom stereocenters. The summed E-state index contributed by atoms with van der Waals surface area (Å²) < 4.78 is 7.57. The van der Waals surface area contributed by atoms with Crippen molar-refractivity contribution >= 4 is 29.2 Å². The molecule has 22 heavy (non-hydrogen) atoms. The van der Waals surface area contributed by atoms with Crippen LogP contribution in [0.4, 0.5) is 5.69 Å². The van der Waals surface area contributed by atoms with Gasteiger partial charge in [-0.25, -0.2) is 4.31 Å². The summed E-state index contributed by atoms with van der Waals surface area (Å²) in [4.78, 5) is 3.60. The highest BCUT2D eigenvalue weighted by Crippen LogP contribution is 2.42. The van der Waals surface area contributed by atoms with Gasteiger partial charge in [-0.05, 0) is 51.9 Å². The molecule has 1 aliphatic heterocycles. The Balaban J connectivity index is 0.000000745. The lowest BCUT2D eigenvalue weighted by Gasteiger charge is -2.37. The highest BCUT2D eigenvalue weighted by Gasteiger charge is 2.28. The third-order valence-corrected chi connectivity index (χ3v) is 4.54. The van der Waals surface area contributed by atoms with Crippen molar-refractivity contribution < 1.29 is 4.74 Å². The molecule has 0 aromatic heterocycles. The van der Waals surface area contributed by atoms with Crippen molar-refractivity contribution in [1.29, 1.82) is 0 Å². The minimum atomic E-state index is 0.0679. The van der Waals surface area contributed by atoms with Crippen LogP contribution in [0.1, 0.15) is 41.0 Å². The predicted octanol–water partition coefficient (Wildman–Crippen LogP) is 5.32. The molecule has 2 rings (SSSR count). The van der Waals surface area contributed by atoms with Gasteiger partial charge in [-0.1, -0.05) is 31.9 Å². The summed E-state index contributed by atoms with van der Waals surface area (Å²) in [6.45, 7) is 12.9. The van der Waals surface area contributed by atoms with Crippen LogP contribution in [0.25, 0.3) is 0 Å². The van der Waals surface area contributed by atoms with Gasteiger partial charge in [0.1, 0.15) is 5.75 Å². The predicted molar refractivity (Wildman–Crippen MR) is 99.6 cm³/mol. The van der Waals surface area contributed by atoms with Gasteiger partial charge in [-0.3, -0.25) is 0 Å². The first-order chi connectivity index (χ1) is 10.2. The summed E-state index contributed by atoms with van der Waals surface area (Å²) in [5, 5.41) is 0.667. The van der Waals surface area contributed by atoms with Crippen LogP contribution < -0.4 is 9.64 Å². The Morgan fingerprint density at radius 1 is 1.23 bits per heavy atom. The SMILES string of the molecule is CCC.COc1cc2c(cc1Cl)N(C(C)(C)C)CCN(C)S2. The number of methoxy groups -OCH3 is 1. The molecule has 126 valence electrons. The van der Waals surface area contributed by atoms with Gasteiger partial charge in [0, 0.05) is 18.6 Å². The second-order valence-corrected chi connectivity index (χ2v) is 8.08. The van der Waals surface area contributed by atoms with Crippen LogP contribution in [0.5, 0.6) is 5.75 Å². The lowest BCUT2D eigenvalue weighted by atomic mass is 10.0. The first-order valence-corrected chi connectivity index (χ1v) is 8.94. The zero-order chi connectivity index (χ0) is 16.9. The fourth-order valence-electron chi connectivity index (χ4n) is 2.24. The van der Waals surface area contributed by atoms with Crippen molar-refractivity contribution in [2.45, 2.75) is 51.5 Å². The van der Waals surface area contributed by atoms with Crippen LogP contribution in [-0.4, -0.2) is 37.1 Å². The number of benzene rings is 1. The van der Waals surface area contributed by atoms with E-state index in [1.807, 2.05) is 12.1 Å². The maximum Gasteiger partial charge on any atom is 0.138 e. The highest BCUT2D eigenvalue weighted by atomic mass is 35.5. The molecule has 0 saturated heterocycles. The largest absolute Gasteiger partial charge is 0.495 e. The van der Waals surface area contributed by atoms with Crippen LogP contribution in [0.3, 0.4) is 0 Å². The van der Waals surface area contributed by atoms with E-state index in [-0.39, 0.29) is 5.54 Å². The van der Waals surface area contributed by atoms with E-state index in [1.165, 1.54) is 17.0 Å². The fourth-order valence-corrected chi connectivity index (χ4v) is 3.40. The Morgan fingerprint density at radius 3 is 2.32 bits per heavy atom. The van der Waals surface area contributed by atoms with Gasteiger partial charge in [-0.15, -0.1) is 0 Å². The number of likely N-dealkylation sites (N-methyl/N-ethyl adjacent to an activating group) is 1. The standard InChI is InChI=1S/C14H21ClN2OS.C3H8/c1-14(2,3)17-7-6-16(4)19-13-9-12(18-5)10(15)8-11(13)17;1-3-2/h8-9H,6-7H2,1-5H3;3H2,1-2H3. The number of rotatable bonds is 1. The average molecular weight is 345 g/mol. The van der Waals surface area contributed by atoms with E-state index in [1.54, 1.807) is 19.1 Å². The van der Waals surface area contributed by atoms with Crippen molar-refractivity contribution in [2.75, 3.05) is 32.1 Å². The van der Waals surface area contributed by atoms with E-state index in [4.69, 9.17) is 16.3 Å². The van der Waals surface area contributed by atoms with E-state index in [2.05, 4.69) is 50.9 Å². The molecule has 0 spiro atoms. The lowest BCUT2D eigenvalue weighted by molar-refractivity contribution is 0.413. The number of nitrogens with zero attached hydrogens (tertiary/aromatic N) is 2. The Labute approximate surface area is 145 Å². The summed E-state index contributed by atoms with van der Waals surface area (Å²) in [5.74, 6) is 0.733. The molecule has 0 radical (unpaired) electrons. The van der Waals surface area contributed by atoms with Gasteiger partial charge in [0.05, 0.1) is 22.7 Å². The summed E-state index contributed by atoms with van der Waals surface area (Å²) in [5.41, 5.74) is 1.26. The molecule has 1 aromatic carbocycles. The third-order valence-electron chi connectivity index (χ3n) is 3.23. The summed E-state index contributed by atoms with van der Waals surface area (Å²) in [6, 6.07) is 4.05. The summed E-state index contributed by atoms with van der Waals surface area (Å²) in [7, 11) is 3.77. The van der Waals surface area contributed by atoms with Crippen LogP contribution in [-0.2, 0) is 0 Å². The monoisotopic (exact) mass is 344 g/mol. The fraction of sp³-hybridized carbons (Fsp3) is 0.647. The Bertz CT molecular complexity index is 488. The quantitative estimate of drug-likeness (QED) is 0.640. The molecule has 0 N–H and O–H groups in total. The van der Waals surface area contributed by atoms with Gasteiger partial charge >= 0.3 is 0 Å². The van der Waals surface area contributed by atoms with Crippen molar-refractivity contribution in [3.05, 3.63) is 17.2 Å². The van der Waals surface area contributed by atoms with Crippen molar-refractivity contribution in [1.82, 2.24) is 4.31 Å². The van der Waals surface area contributed by atoms with Crippen LogP contribution in [0.2, 0.25) is 5.02 Å². The normalized spacial score (nSPS) is 15.5. The zero-order valence-corrected chi connectivity index (χ0v) is 16.4. The molecule has 1 heterocycles. The molecule has 0 aliphatic carbocycles. The number of hydrogen-bond acceptors (Lipinski definition) is 4. The van der Waals surface area contributed by atoms with Gasteiger partial charge < -0.3 is 9.64 Å². The Morgan fingerprint density at radius 2 is 1.82 bits per heavy atom. The van der Waals surface area contributed by atoms with Crippen molar-refractivity contribution in [3.8, 4) is 5.75 Å². The van der Waals surface area contributed by atoms with Crippen LogP contribution >= 0.6 is 23.5 Å². The lowest BCUT2D eigenvalue weighted by Crippen LogP contribution is -2.43. The minimum Gasteiger partial charge on any atom is -0.495 e. The molecule has 1 aromatic rings. The third kappa shape index (κ3) is 4.97. The average Bonchev–Trinajstić information content (AvgIpc) is 2.56. The Hall–Kier alpha value is -0.580. The minimum absolute atomic E-state index is 0.0679. The van der Waals surface area contributed by atoms with Gasteiger partial charge in [0.25, 0.3) is 0 Å². The highest BCUT2D eigenvalue weighted by molar-refractivity contribution is 7.97. The number of ether oxygens (including phenoxy) is 1. The number of anilines is 1. The molecule has 3 nitrogen and oxygen atoms in total. The first kappa shape index (κ1) is 19.5. The molecule has 5 heteroatoms. The van der Waals surface area contributed by atoms with Gasteiger partial charge in [0.15, 0.2) is 0 Å². The zero-order valence-electron chi connectivity index (χ0n) is 14.9. The maximum absolute atomic E-state index is 6.29. The molecule has 0 bridgehead atoms. The van der Waals surface area contributed by atoms with Crippen LogP contribution in [0.15, 0.2) is 17.0 Å². The molecule has 0 fully saturated rings. The molecule has 1 aliphatic rings. The maximum atomic E-state index is 6.29. The summed E-state index contributed by atoms with van der Waals surface area (Å²) in [6.07, 6.45) is 1.25. The van der Waals surface area contributed by atoms with Gasteiger partial charge in [-0.2, -0.15) is 0 Å². The van der Waals surface area contributed by atoms with E-state index in [9.17, 15) is 0 Å². The number of hydrogen-bond donors (Lipinski definition) is 0. The topological polar surface area (TPSA) is 15.7 Å².